The smallest absolute Gasteiger partial charge is 0.277 e. The average molecular weight is 327 g/mol. The quantitative estimate of drug-likeness (QED) is 0.795. The van der Waals surface area contributed by atoms with Gasteiger partial charge in [0.2, 0.25) is 0 Å². The average Bonchev–Trinajstić information content (AvgIpc) is 2.56. The van der Waals surface area contributed by atoms with Crippen LogP contribution in [0.25, 0.3) is 0 Å². The Morgan fingerprint density at radius 2 is 1.75 bits per heavy atom. The summed E-state index contributed by atoms with van der Waals surface area (Å²) in [6, 6.07) is 4.88. The Kier molecular flexibility index (Phi) is 5.34. The highest BCUT2D eigenvalue weighted by molar-refractivity contribution is 6.24. The molecule has 1 aliphatic carbocycles. The Morgan fingerprint density at radius 3 is 2.33 bits per heavy atom. The van der Waals surface area contributed by atoms with Crippen molar-refractivity contribution in [1.29, 1.82) is 0 Å². The second kappa shape index (κ2) is 7.25. The number of amides is 1. The lowest BCUT2D eigenvalue weighted by atomic mass is 9.90. The summed E-state index contributed by atoms with van der Waals surface area (Å²) in [5.41, 5.74) is 2.24. The summed E-state index contributed by atoms with van der Waals surface area (Å²) in [5.74, 6) is 0.659. The zero-order valence-electron chi connectivity index (χ0n) is 14.5. The second-order valence-electron chi connectivity index (χ2n) is 5.82. The van der Waals surface area contributed by atoms with Crippen molar-refractivity contribution in [1.82, 2.24) is 0 Å². The Balaban J connectivity index is 2.38. The van der Waals surface area contributed by atoms with E-state index in [1.54, 1.807) is 31.2 Å². The number of hydrogen-bond acceptors (Lipinski definition) is 4. The van der Waals surface area contributed by atoms with Gasteiger partial charge in [-0.1, -0.05) is 13.8 Å². The van der Waals surface area contributed by atoms with Gasteiger partial charge in [0.1, 0.15) is 0 Å². The van der Waals surface area contributed by atoms with Crippen molar-refractivity contribution in [3.05, 3.63) is 47.1 Å². The number of methoxy groups -OCH3 is 2. The maximum Gasteiger partial charge on any atom is 0.277 e. The number of ketones is 1. The number of nitrogens with zero attached hydrogens (tertiary/aromatic N) is 1. The Bertz CT molecular complexity index is 770. The first-order chi connectivity index (χ1) is 11.4. The van der Waals surface area contributed by atoms with E-state index < -0.39 is 5.91 Å². The van der Waals surface area contributed by atoms with E-state index in [0.717, 1.165) is 0 Å². The third-order valence-electron chi connectivity index (χ3n) is 3.80. The summed E-state index contributed by atoms with van der Waals surface area (Å²) in [6.07, 6.45) is 3.22. The highest BCUT2D eigenvalue weighted by Crippen LogP contribution is 2.28. The molecule has 0 heterocycles. The molecule has 2 rings (SSSR count). The summed E-state index contributed by atoms with van der Waals surface area (Å²) in [4.78, 5) is 28.6. The van der Waals surface area contributed by atoms with E-state index in [1.807, 2.05) is 13.8 Å². The molecule has 1 aromatic carbocycles. The lowest BCUT2D eigenvalue weighted by Crippen LogP contribution is -2.16. The molecule has 0 atom stereocenters. The van der Waals surface area contributed by atoms with E-state index in [-0.39, 0.29) is 11.7 Å². The largest absolute Gasteiger partial charge is 0.493 e. The fourth-order valence-corrected chi connectivity index (χ4v) is 2.40. The van der Waals surface area contributed by atoms with E-state index in [2.05, 4.69) is 4.99 Å². The van der Waals surface area contributed by atoms with Crippen LogP contribution in [0.1, 0.15) is 31.1 Å². The minimum atomic E-state index is -0.396. The molecule has 1 aromatic rings. The van der Waals surface area contributed by atoms with Gasteiger partial charge in [-0.25, -0.2) is 4.99 Å². The van der Waals surface area contributed by atoms with Gasteiger partial charge in [-0.2, -0.15) is 0 Å². The molecule has 0 aliphatic heterocycles. The second-order valence-corrected chi connectivity index (χ2v) is 5.82. The molecule has 0 N–H and O–H groups in total. The monoisotopic (exact) mass is 327 g/mol. The van der Waals surface area contributed by atoms with Crippen LogP contribution in [0.3, 0.4) is 0 Å². The van der Waals surface area contributed by atoms with Crippen molar-refractivity contribution in [3.63, 3.8) is 0 Å². The summed E-state index contributed by atoms with van der Waals surface area (Å²) < 4.78 is 10.4. The lowest BCUT2D eigenvalue weighted by Gasteiger charge is -2.15. The summed E-state index contributed by atoms with van der Waals surface area (Å²) >= 11 is 0. The van der Waals surface area contributed by atoms with E-state index in [0.29, 0.717) is 33.9 Å². The molecule has 0 spiro atoms. The highest BCUT2D eigenvalue weighted by Gasteiger charge is 2.20. The highest BCUT2D eigenvalue weighted by atomic mass is 16.5. The number of carbonyl (C=O) groups is 2. The summed E-state index contributed by atoms with van der Waals surface area (Å²) in [6.45, 7) is 5.64. The molecule has 0 unspecified atom stereocenters. The van der Waals surface area contributed by atoms with Crippen LogP contribution < -0.4 is 9.47 Å². The predicted molar refractivity (Wildman–Crippen MR) is 93.0 cm³/mol. The van der Waals surface area contributed by atoms with Gasteiger partial charge < -0.3 is 9.47 Å². The van der Waals surface area contributed by atoms with Crippen molar-refractivity contribution in [3.8, 4) is 11.5 Å². The van der Waals surface area contributed by atoms with E-state index >= 15 is 0 Å². The number of ether oxygens (including phenoxy) is 2. The standard InChI is InChI=1S/C19H21NO4/c1-11(2)14-10-15(12(3)8-16(14)21)20-19(22)13-6-7-17(23-4)18(9-13)24-5/h6-11H,1-5H3. The normalized spacial score (nSPS) is 16.1. The number of aliphatic imine (C=N–C) groups is 1. The van der Waals surface area contributed by atoms with Gasteiger partial charge in [0.25, 0.3) is 5.91 Å². The first-order valence-electron chi connectivity index (χ1n) is 7.67. The zero-order chi connectivity index (χ0) is 17.9. The molecular weight excluding hydrogens is 306 g/mol. The van der Waals surface area contributed by atoms with Crippen molar-refractivity contribution in [2.75, 3.05) is 14.2 Å². The van der Waals surface area contributed by atoms with Crippen molar-refractivity contribution >= 4 is 17.4 Å². The van der Waals surface area contributed by atoms with Crippen molar-refractivity contribution in [2.45, 2.75) is 20.8 Å². The first-order valence-corrected chi connectivity index (χ1v) is 7.67. The molecule has 0 fully saturated rings. The minimum absolute atomic E-state index is 0.0278. The third kappa shape index (κ3) is 3.62. The van der Waals surface area contributed by atoms with Crippen LogP contribution in [0.15, 0.2) is 46.5 Å². The van der Waals surface area contributed by atoms with Crippen LogP contribution in [0.2, 0.25) is 0 Å². The maximum atomic E-state index is 12.5. The van der Waals surface area contributed by atoms with Crippen LogP contribution in [0.5, 0.6) is 11.5 Å². The molecule has 0 bridgehead atoms. The number of allylic oxidation sites excluding steroid dienone is 4. The molecule has 5 nitrogen and oxygen atoms in total. The van der Waals surface area contributed by atoms with Crippen LogP contribution in [-0.2, 0) is 4.79 Å². The minimum Gasteiger partial charge on any atom is -0.493 e. The van der Waals surface area contributed by atoms with Crippen LogP contribution in [0.4, 0.5) is 0 Å². The van der Waals surface area contributed by atoms with Gasteiger partial charge in [-0.3, -0.25) is 9.59 Å². The molecule has 126 valence electrons. The maximum absolute atomic E-state index is 12.5. The van der Waals surface area contributed by atoms with E-state index in [4.69, 9.17) is 9.47 Å². The summed E-state index contributed by atoms with van der Waals surface area (Å²) in [5, 5.41) is 0. The van der Waals surface area contributed by atoms with Crippen LogP contribution in [-0.4, -0.2) is 31.6 Å². The van der Waals surface area contributed by atoms with Crippen LogP contribution in [0, 0.1) is 5.92 Å². The van der Waals surface area contributed by atoms with E-state index in [1.165, 1.54) is 20.3 Å². The Labute approximate surface area is 141 Å². The van der Waals surface area contributed by atoms with Crippen molar-refractivity contribution in [2.24, 2.45) is 10.9 Å². The number of hydrogen-bond donors (Lipinski definition) is 0. The molecule has 5 heteroatoms. The molecule has 0 aromatic heterocycles. The molecule has 1 amide bonds. The van der Waals surface area contributed by atoms with E-state index in [9.17, 15) is 9.59 Å². The Morgan fingerprint density at radius 1 is 1.08 bits per heavy atom. The third-order valence-corrected chi connectivity index (χ3v) is 3.80. The molecule has 24 heavy (non-hydrogen) atoms. The fraction of sp³-hybridized carbons (Fsp3) is 0.316. The molecule has 0 radical (unpaired) electrons. The molecular formula is C19H21NO4. The van der Waals surface area contributed by atoms with Gasteiger partial charge in [-0.15, -0.1) is 0 Å². The van der Waals surface area contributed by atoms with Gasteiger partial charge in [0.15, 0.2) is 17.3 Å². The SMILES string of the molecule is COc1ccc(C(=O)N=C2C=C(C(C)C)C(=O)C=C2C)cc1OC. The number of rotatable bonds is 4. The van der Waals surface area contributed by atoms with Gasteiger partial charge in [0, 0.05) is 11.1 Å². The topological polar surface area (TPSA) is 65.0 Å². The van der Waals surface area contributed by atoms with Gasteiger partial charge in [-0.05, 0) is 48.8 Å². The van der Waals surface area contributed by atoms with Gasteiger partial charge in [0.05, 0.1) is 19.9 Å². The fourth-order valence-electron chi connectivity index (χ4n) is 2.40. The summed E-state index contributed by atoms with van der Waals surface area (Å²) in [7, 11) is 3.04. The lowest BCUT2D eigenvalue weighted by molar-refractivity contribution is -0.111. The Hall–Kier alpha value is -2.69. The molecule has 0 saturated carbocycles. The van der Waals surface area contributed by atoms with Gasteiger partial charge >= 0.3 is 0 Å². The first kappa shape index (κ1) is 17.7. The predicted octanol–water partition coefficient (Wildman–Crippen LogP) is 3.40. The van der Waals surface area contributed by atoms with Crippen molar-refractivity contribution < 1.29 is 19.1 Å². The number of carbonyl (C=O) groups excluding carboxylic acids is 2. The number of benzene rings is 1. The van der Waals surface area contributed by atoms with Crippen LogP contribution >= 0.6 is 0 Å². The zero-order valence-corrected chi connectivity index (χ0v) is 14.5. The molecule has 0 saturated heterocycles. The molecule has 1 aliphatic rings.